The number of benzene rings is 1. The van der Waals surface area contributed by atoms with Crippen LogP contribution in [0.3, 0.4) is 0 Å². The summed E-state index contributed by atoms with van der Waals surface area (Å²) in [4.78, 5) is 25.0. The zero-order valence-electron chi connectivity index (χ0n) is 12.7. The SMILES string of the molecule is CCOc1ccc(NC(=O)CN2CCCCC2C(=O)O)cc1. The Morgan fingerprint density at radius 2 is 2.05 bits per heavy atom. The van der Waals surface area contributed by atoms with Crippen LogP contribution in [0.1, 0.15) is 26.2 Å². The van der Waals surface area contributed by atoms with Crippen LogP contribution in [-0.2, 0) is 9.59 Å². The number of carboxylic acids is 1. The average molecular weight is 306 g/mol. The van der Waals surface area contributed by atoms with Crippen molar-refractivity contribution in [3.63, 3.8) is 0 Å². The van der Waals surface area contributed by atoms with Crippen molar-refractivity contribution in [2.24, 2.45) is 0 Å². The third kappa shape index (κ3) is 4.46. The highest BCUT2D eigenvalue weighted by molar-refractivity contribution is 5.92. The summed E-state index contributed by atoms with van der Waals surface area (Å²) in [6.45, 7) is 3.25. The van der Waals surface area contributed by atoms with Crippen LogP contribution in [0.15, 0.2) is 24.3 Å². The normalized spacial score (nSPS) is 18.7. The van der Waals surface area contributed by atoms with E-state index in [1.54, 1.807) is 29.2 Å². The minimum absolute atomic E-state index is 0.101. The molecule has 0 radical (unpaired) electrons. The highest BCUT2D eigenvalue weighted by Gasteiger charge is 2.29. The van der Waals surface area contributed by atoms with E-state index in [0.29, 0.717) is 25.3 Å². The van der Waals surface area contributed by atoms with Gasteiger partial charge in [-0.3, -0.25) is 14.5 Å². The summed E-state index contributed by atoms with van der Waals surface area (Å²) >= 11 is 0. The van der Waals surface area contributed by atoms with E-state index in [4.69, 9.17) is 4.74 Å². The molecule has 1 amide bonds. The molecule has 1 aliphatic rings. The van der Waals surface area contributed by atoms with Crippen LogP contribution in [0.25, 0.3) is 0 Å². The van der Waals surface area contributed by atoms with Gasteiger partial charge in [-0.1, -0.05) is 6.42 Å². The Balaban J connectivity index is 1.90. The molecule has 1 unspecified atom stereocenters. The van der Waals surface area contributed by atoms with Crippen LogP contribution in [0, 0.1) is 0 Å². The number of hydrogen-bond donors (Lipinski definition) is 2. The first-order valence-electron chi connectivity index (χ1n) is 7.59. The van der Waals surface area contributed by atoms with Gasteiger partial charge in [0.05, 0.1) is 13.2 Å². The van der Waals surface area contributed by atoms with Gasteiger partial charge >= 0.3 is 5.97 Å². The van der Waals surface area contributed by atoms with E-state index >= 15 is 0 Å². The molecule has 1 aromatic carbocycles. The number of carboxylic acid groups (broad SMARTS) is 1. The Labute approximate surface area is 130 Å². The van der Waals surface area contributed by atoms with Crippen molar-refractivity contribution in [1.29, 1.82) is 0 Å². The van der Waals surface area contributed by atoms with Gasteiger partial charge in [0.2, 0.25) is 5.91 Å². The van der Waals surface area contributed by atoms with Crippen molar-refractivity contribution in [1.82, 2.24) is 4.90 Å². The van der Waals surface area contributed by atoms with Gasteiger partial charge in [0.25, 0.3) is 0 Å². The molecule has 0 saturated carbocycles. The van der Waals surface area contributed by atoms with Crippen molar-refractivity contribution in [2.45, 2.75) is 32.2 Å². The van der Waals surface area contributed by atoms with Crippen molar-refractivity contribution >= 4 is 17.6 Å². The molecule has 0 aliphatic carbocycles. The highest BCUT2D eigenvalue weighted by Crippen LogP contribution is 2.18. The van der Waals surface area contributed by atoms with Gasteiger partial charge in [-0.05, 0) is 50.6 Å². The predicted molar refractivity (Wildman–Crippen MR) is 83.1 cm³/mol. The van der Waals surface area contributed by atoms with E-state index in [0.717, 1.165) is 18.6 Å². The summed E-state index contributed by atoms with van der Waals surface area (Å²) < 4.78 is 5.34. The van der Waals surface area contributed by atoms with Crippen LogP contribution in [0.2, 0.25) is 0 Å². The minimum Gasteiger partial charge on any atom is -0.494 e. The second-order valence-electron chi connectivity index (χ2n) is 5.33. The Bertz CT molecular complexity index is 515. The molecule has 0 aromatic heterocycles. The number of anilines is 1. The highest BCUT2D eigenvalue weighted by atomic mass is 16.5. The van der Waals surface area contributed by atoms with Crippen molar-refractivity contribution in [3.8, 4) is 5.75 Å². The summed E-state index contributed by atoms with van der Waals surface area (Å²) in [5, 5.41) is 12.0. The molecular weight excluding hydrogens is 284 g/mol. The van der Waals surface area contributed by atoms with Gasteiger partial charge in [-0.15, -0.1) is 0 Å². The Morgan fingerprint density at radius 1 is 1.32 bits per heavy atom. The van der Waals surface area contributed by atoms with E-state index in [9.17, 15) is 14.7 Å². The molecule has 1 heterocycles. The van der Waals surface area contributed by atoms with Gasteiger partial charge in [0, 0.05) is 5.69 Å². The lowest BCUT2D eigenvalue weighted by Crippen LogP contribution is -2.47. The molecule has 6 nitrogen and oxygen atoms in total. The molecule has 1 saturated heterocycles. The average Bonchev–Trinajstić information content (AvgIpc) is 2.50. The number of rotatable bonds is 6. The van der Waals surface area contributed by atoms with Crippen molar-refractivity contribution in [3.05, 3.63) is 24.3 Å². The zero-order valence-corrected chi connectivity index (χ0v) is 12.7. The van der Waals surface area contributed by atoms with Crippen LogP contribution in [-0.4, -0.2) is 47.6 Å². The summed E-state index contributed by atoms with van der Waals surface area (Å²) in [6, 6.07) is 6.57. The second-order valence-corrected chi connectivity index (χ2v) is 5.33. The third-order valence-corrected chi connectivity index (χ3v) is 3.69. The van der Waals surface area contributed by atoms with E-state index in [2.05, 4.69) is 5.32 Å². The number of likely N-dealkylation sites (tertiary alicyclic amines) is 1. The summed E-state index contributed by atoms with van der Waals surface area (Å²) in [6.07, 6.45) is 2.43. The summed E-state index contributed by atoms with van der Waals surface area (Å²) in [5.74, 6) is -0.298. The Kier molecular flexibility index (Phi) is 5.77. The first-order chi connectivity index (χ1) is 10.6. The monoisotopic (exact) mass is 306 g/mol. The van der Waals surface area contributed by atoms with Gasteiger partial charge in [0.1, 0.15) is 11.8 Å². The molecule has 2 N–H and O–H groups in total. The number of nitrogens with one attached hydrogen (secondary N) is 1. The molecule has 120 valence electrons. The number of piperidine rings is 1. The van der Waals surface area contributed by atoms with Crippen LogP contribution >= 0.6 is 0 Å². The number of carbonyl (C=O) groups excluding carboxylic acids is 1. The van der Waals surface area contributed by atoms with Crippen LogP contribution in [0.5, 0.6) is 5.75 Å². The van der Waals surface area contributed by atoms with E-state index in [-0.39, 0.29) is 12.5 Å². The molecule has 2 rings (SSSR count). The number of hydrogen-bond acceptors (Lipinski definition) is 4. The van der Waals surface area contributed by atoms with E-state index in [1.807, 2.05) is 6.92 Å². The molecule has 1 aliphatic heterocycles. The van der Waals surface area contributed by atoms with E-state index < -0.39 is 12.0 Å². The van der Waals surface area contributed by atoms with Gasteiger partial charge in [-0.2, -0.15) is 0 Å². The number of carbonyl (C=O) groups is 2. The van der Waals surface area contributed by atoms with Gasteiger partial charge in [-0.25, -0.2) is 0 Å². The van der Waals surface area contributed by atoms with Gasteiger partial charge < -0.3 is 15.2 Å². The Morgan fingerprint density at radius 3 is 2.68 bits per heavy atom. The zero-order chi connectivity index (χ0) is 15.9. The topological polar surface area (TPSA) is 78.9 Å². The third-order valence-electron chi connectivity index (χ3n) is 3.69. The molecule has 1 fully saturated rings. The standard InChI is InChI=1S/C16H22N2O4/c1-2-22-13-8-6-12(7-9-13)17-15(19)11-18-10-4-3-5-14(18)16(20)21/h6-9,14H,2-5,10-11H2,1H3,(H,17,19)(H,20,21). The lowest BCUT2D eigenvalue weighted by Gasteiger charge is -2.32. The predicted octanol–water partition coefficient (Wildman–Crippen LogP) is 1.96. The first-order valence-corrected chi connectivity index (χ1v) is 7.59. The molecule has 1 aromatic rings. The maximum atomic E-state index is 12.1. The molecule has 1 atom stereocenters. The lowest BCUT2D eigenvalue weighted by molar-refractivity contribution is -0.145. The second kappa shape index (κ2) is 7.79. The molecular formula is C16H22N2O4. The quantitative estimate of drug-likeness (QED) is 0.840. The first kappa shape index (κ1) is 16.3. The number of amides is 1. The van der Waals surface area contributed by atoms with Crippen molar-refractivity contribution in [2.75, 3.05) is 25.0 Å². The summed E-state index contributed by atoms with van der Waals surface area (Å²) in [7, 11) is 0. The molecule has 0 spiro atoms. The van der Waals surface area contributed by atoms with Crippen molar-refractivity contribution < 1.29 is 19.4 Å². The lowest BCUT2D eigenvalue weighted by atomic mass is 10.0. The fourth-order valence-electron chi connectivity index (χ4n) is 2.65. The number of ether oxygens (including phenoxy) is 1. The minimum atomic E-state index is -0.853. The largest absolute Gasteiger partial charge is 0.494 e. The Hall–Kier alpha value is -2.08. The fourth-order valence-corrected chi connectivity index (χ4v) is 2.65. The number of aliphatic carboxylic acids is 1. The van der Waals surface area contributed by atoms with Gasteiger partial charge in [0.15, 0.2) is 0 Å². The maximum Gasteiger partial charge on any atom is 0.320 e. The molecule has 6 heteroatoms. The molecule has 0 bridgehead atoms. The number of nitrogens with zero attached hydrogens (tertiary/aromatic N) is 1. The fraction of sp³-hybridized carbons (Fsp3) is 0.500. The van der Waals surface area contributed by atoms with Crippen LogP contribution < -0.4 is 10.1 Å². The maximum absolute atomic E-state index is 12.1. The van der Waals surface area contributed by atoms with Crippen LogP contribution in [0.4, 0.5) is 5.69 Å². The van der Waals surface area contributed by atoms with E-state index in [1.165, 1.54) is 0 Å². The molecule has 22 heavy (non-hydrogen) atoms. The summed E-state index contributed by atoms with van der Waals surface area (Å²) in [5.41, 5.74) is 0.678. The smallest absolute Gasteiger partial charge is 0.320 e.